The lowest BCUT2D eigenvalue weighted by Gasteiger charge is -2.32. The van der Waals surface area contributed by atoms with Crippen molar-refractivity contribution in [3.63, 3.8) is 0 Å². The van der Waals surface area contributed by atoms with Crippen LogP contribution in [0.2, 0.25) is 0 Å². The summed E-state index contributed by atoms with van der Waals surface area (Å²) < 4.78 is 5.40. The average molecular weight is 327 g/mol. The van der Waals surface area contributed by atoms with Gasteiger partial charge in [0.1, 0.15) is 5.82 Å². The maximum absolute atomic E-state index is 5.40. The van der Waals surface area contributed by atoms with Gasteiger partial charge in [0, 0.05) is 37.4 Å². The number of fused-ring (bicyclic) bond motifs is 2. The first-order valence-electron chi connectivity index (χ1n) is 8.91. The van der Waals surface area contributed by atoms with Crippen LogP contribution in [-0.2, 0) is 0 Å². The summed E-state index contributed by atoms with van der Waals surface area (Å²) in [7, 11) is 0. The van der Waals surface area contributed by atoms with Gasteiger partial charge in [-0.2, -0.15) is 4.98 Å². The Morgan fingerprint density at radius 1 is 1.21 bits per heavy atom. The predicted molar refractivity (Wildman–Crippen MR) is 92.9 cm³/mol. The lowest BCUT2D eigenvalue weighted by atomic mass is 10.1. The molecule has 0 N–H and O–H groups in total. The van der Waals surface area contributed by atoms with E-state index >= 15 is 0 Å². The number of pyridine rings is 1. The molecule has 0 aromatic carbocycles. The molecule has 6 nitrogen and oxygen atoms in total. The third-order valence-corrected chi connectivity index (χ3v) is 5.28. The smallest absolute Gasteiger partial charge is 0.261 e. The highest BCUT2D eigenvalue weighted by Crippen LogP contribution is 2.35. The van der Waals surface area contributed by atoms with Crippen LogP contribution >= 0.6 is 0 Å². The summed E-state index contributed by atoms with van der Waals surface area (Å²) in [5.74, 6) is 2.18. The maximum Gasteiger partial charge on any atom is 0.261 e. The van der Waals surface area contributed by atoms with E-state index in [4.69, 9.17) is 4.52 Å². The topological polar surface area (TPSA) is 58.3 Å². The van der Waals surface area contributed by atoms with Crippen LogP contribution in [0.3, 0.4) is 0 Å². The van der Waals surface area contributed by atoms with E-state index in [2.05, 4.69) is 38.8 Å². The number of rotatable bonds is 3. The molecule has 4 rings (SSSR count). The summed E-state index contributed by atoms with van der Waals surface area (Å²) in [4.78, 5) is 14.2. The predicted octanol–water partition coefficient (Wildman–Crippen LogP) is 2.89. The highest BCUT2D eigenvalue weighted by molar-refractivity contribution is 5.69. The third-order valence-electron chi connectivity index (χ3n) is 5.28. The minimum absolute atomic E-state index is 0.561. The van der Waals surface area contributed by atoms with Crippen molar-refractivity contribution in [3.8, 4) is 11.5 Å². The van der Waals surface area contributed by atoms with Gasteiger partial charge in [-0.3, -0.25) is 4.90 Å². The number of nitrogens with zero attached hydrogens (tertiary/aromatic N) is 5. The molecule has 0 amide bonds. The molecule has 2 bridgehead atoms. The van der Waals surface area contributed by atoms with Crippen LogP contribution in [0.25, 0.3) is 11.5 Å². The van der Waals surface area contributed by atoms with Crippen LogP contribution in [0, 0.1) is 6.92 Å². The van der Waals surface area contributed by atoms with E-state index in [0.29, 0.717) is 29.8 Å². The second kappa shape index (κ2) is 6.16. The first-order chi connectivity index (χ1) is 11.6. The van der Waals surface area contributed by atoms with Crippen molar-refractivity contribution in [2.45, 2.75) is 58.2 Å². The number of aryl methyl sites for hydroxylation is 1. The first kappa shape index (κ1) is 15.6. The SMILES string of the molecule is Cc1noc(-c2cccnc2N2CC[C@H]3CC[C@@H](C2)N3C(C)C)n1. The summed E-state index contributed by atoms with van der Waals surface area (Å²) in [6.07, 6.45) is 5.65. The average Bonchev–Trinajstić information content (AvgIpc) is 3.10. The Morgan fingerprint density at radius 2 is 2.04 bits per heavy atom. The molecule has 0 aliphatic carbocycles. The fourth-order valence-electron chi connectivity index (χ4n) is 4.37. The van der Waals surface area contributed by atoms with Gasteiger partial charge in [0.05, 0.1) is 5.56 Å². The second-order valence-electron chi connectivity index (χ2n) is 7.18. The molecule has 0 radical (unpaired) electrons. The molecule has 2 atom stereocenters. The van der Waals surface area contributed by atoms with Crippen molar-refractivity contribution in [3.05, 3.63) is 24.2 Å². The lowest BCUT2D eigenvalue weighted by molar-refractivity contribution is 0.158. The van der Waals surface area contributed by atoms with Crippen molar-refractivity contribution < 1.29 is 4.52 Å². The molecule has 0 saturated carbocycles. The van der Waals surface area contributed by atoms with Crippen molar-refractivity contribution in [1.29, 1.82) is 0 Å². The van der Waals surface area contributed by atoms with Crippen molar-refractivity contribution in [2.75, 3.05) is 18.0 Å². The molecule has 6 heteroatoms. The summed E-state index contributed by atoms with van der Waals surface area (Å²) in [6.45, 7) is 8.52. The normalized spacial score (nSPS) is 24.6. The highest BCUT2D eigenvalue weighted by Gasteiger charge is 2.39. The molecule has 4 heterocycles. The van der Waals surface area contributed by atoms with Crippen molar-refractivity contribution >= 4 is 5.82 Å². The van der Waals surface area contributed by atoms with Gasteiger partial charge in [0.25, 0.3) is 5.89 Å². The van der Waals surface area contributed by atoms with Gasteiger partial charge in [-0.05, 0) is 52.2 Å². The zero-order chi connectivity index (χ0) is 16.7. The molecular formula is C18H25N5O. The van der Waals surface area contributed by atoms with E-state index < -0.39 is 0 Å². The summed E-state index contributed by atoms with van der Waals surface area (Å²) in [5, 5.41) is 3.93. The van der Waals surface area contributed by atoms with Crippen LogP contribution in [0.5, 0.6) is 0 Å². The summed E-state index contributed by atoms with van der Waals surface area (Å²) in [6, 6.07) is 5.88. The van der Waals surface area contributed by atoms with Crippen LogP contribution in [-0.4, -0.2) is 51.2 Å². The standard InChI is InChI=1S/C18H25N5O/c1-12(2)23-14-6-7-15(23)11-22(10-8-14)17-16(5-4-9-19-17)18-20-13(3)21-24-18/h4-5,9,12,14-15H,6-8,10-11H2,1-3H3/t14-,15+/m1/s1. The maximum atomic E-state index is 5.40. The van der Waals surface area contributed by atoms with E-state index in [1.807, 2.05) is 25.3 Å². The van der Waals surface area contributed by atoms with Crippen molar-refractivity contribution in [1.82, 2.24) is 20.0 Å². The Kier molecular flexibility index (Phi) is 4.00. The second-order valence-corrected chi connectivity index (χ2v) is 7.18. The van der Waals surface area contributed by atoms with Crippen LogP contribution < -0.4 is 4.90 Å². The molecular weight excluding hydrogens is 302 g/mol. The molecule has 0 unspecified atom stereocenters. The van der Waals surface area contributed by atoms with Crippen LogP contribution in [0.4, 0.5) is 5.82 Å². The largest absolute Gasteiger partial charge is 0.354 e. The fourth-order valence-corrected chi connectivity index (χ4v) is 4.37. The molecule has 2 fully saturated rings. The van der Waals surface area contributed by atoms with E-state index in [1.165, 1.54) is 19.3 Å². The summed E-state index contributed by atoms with van der Waals surface area (Å²) in [5.41, 5.74) is 0.937. The van der Waals surface area contributed by atoms with Gasteiger partial charge in [0.2, 0.25) is 0 Å². The van der Waals surface area contributed by atoms with E-state index in [0.717, 1.165) is 24.5 Å². The molecule has 2 aliphatic rings. The van der Waals surface area contributed by atoms with Crippen LogP contribution in [0.1, 0.15) is 38.9 Å². The monoisotopic (exact) mass is 327 g/mol. The van der Waals surface area contributed by atoms with E-state index in [1.54, 1.807) is 0 Å². The zero-order valence-electron chi connectivity index (χ0n) is 14.6. The molecule has 2 aromatic heterocycles. The Bertz CT molecular complexity index is 713. The zero-order valence-corrected chi connectivity index (χ0v) is 14.6. The third kappa shape index (κ3) is 2.69. The molecule has 2 aromatic rings. The van der Waals surface area contributed by atoms with E-state index in [-0.39, 0.29) is 0 Å². The van der Waals surface area contributed by atoms with E-state index in [9.17, 15) is 0 Å². The fraction of sp³-hybridized carbons (Fsp3) is 0.611. The van der Waals surface area contributed by atoms with Gasteiger partial charge in [-0.25, -0.2) is 4.98 Å². The van der Waals surface area contributed by atoms with Gasteiger partial charge in [-0.15, -0.1) is 0 Å². The van der Waals surface area contributed by atoms with Crippen molar-refractivity contribution in [2.24, 2.45) is 0 Å². The molecule has 0 spiro atoms. The molecule has 24 heavy (non-hydrogen) atoms. The highest BCUT2D eigenvalue weighted by atomic mass is 16.5. The Balaban J connectivity index is 1.65. The quantitative estimate of drug-likeness (QED) is 0.864. The van der Waals surface area contributed by atoms with Gasteiger partial charge >= 0.3 is 0 Å². The number of hydrogen-bond acceptors (Lipinski definition) is 6. The summed E-state index contributed by atoms with van der Waals surface area (Å²) >= 11 is 0. The molecule has 2 saturated heterocycles. The lowest BCUT2D eigenvalue weighted by Crippen LogP contribution is -2.43. The van der Waals surface area contributed by atoms with Crippen LogP contribution in [0.15, 0.2) is 22.9 Å². The Hall–Kier alpha value is -1.95. The van der Waals surface area contributed by atoms with Gasteiger partial charge in [-0.1, -0.05) is 5.16 Å². The number of hydrogen-bond donors (Lipinski definition) is 0. The first-order valence-corrected chi connectivity index (χ1v) is 8.91. The Labute approximate surface area is 142 Å². The minimum Gasteiger partial charge on any atom is -0.354 e. The number of anilines is 1. The Morgan fingerprint density at radius 3 is 2.79 bits per heavy atom. The van der Waals surface area contributed by atoms with Gasteiger partial charge in [0.15, 0.2) is 5.82 Å². The molecule has 2 aliphatic heterocycles. The number of aromatic nitrogens is 3. The molecule has 128 valence electrons. The van der Waals surface area contributed by atoms with Gasteiger partial charge < -0.3 is 9.42 Å². The minimum atomic E-state index is 0.561.